The SMILES string of the molecule is CC(C)(C)OC(=O)N[C@@H](CCC(=O)NC(c1ccccc1)(c1ccccc1)c1ccccc1)C(=O)NCCC=CCCNC(=O)[C@H](CCC(=O)NC(c1ccccc1)(c1ccccc1)c1ccccc1)NC(=O)OC(C)(C)C. The molecular weight excluding hydrogens is 981 g/mol. The van der Waals surface area contributed by atoms with E-state index in [0.29, 0.717) is 12.8 Å². The molecule has 6 aromatic carbocycles. The number of alkyl carbamates (subject to hydrolysis) is 2. The lowest BCUT2D eigenvalue weighted by atomic mass is 9.77. The fraction of sp³-hybridized carbons (Fsp3) is 0.312. The Bertz CT molecular complexity index is 2500. The highest BCUT2D eigenvalue weighted by Gasteiger charge is 2.40. The highest BCUT2D eigenvalue weighted by molar-refractivity contribution is 5.88. The van der Waals surface area contributed by atoms with Gasteiger partial charge in [0.2, 0.25) is 23.6 Å². The Kier molecular flexibility index (Phi) is 21.1. The molecule has 0 radical (unpaired) electrons. The minimum atomic E-state index is -1.10. The van der Waals surface area contributed by atoms with Gasteiger partial charge in [0.15, 0.2) is 0 Å². The number of hydrogen-bond donors (Lipinski definition) is 6. The molecule has 408 valence electrons. The zero-order valence-electron chi connectivity index (χ0n) is 45.6. The Morgan fingerprint density at radius 1 is 0.397 bits per heavy atom. The lowest BCUT2D eigenvalue weighted by Gasteiger charge is -2.37. The van der Waals surface area contributed by atoms with Crippen molar-refractivity contribution in [3.63, 3.8) is 0 Å². The Labute approximate surface area is 459 Å². The molecule has 0 heterocycles. The van der Waals surface area contributed by atoms with Gasteiger partial charge >= 0.3 is 12.2 Å². The van der Waals surface area contributed by atoms with Crippen molar-refractivity contribution in [2.45, 2.75) is 114 Å². The second kappa shape index (κ2) is 28.0. The van der Waals surface area contributed by atoms with Crippen molar-refractivity contribution in [3.8, 4) is 0 Å². The number of amides is 6. The Hall–Kier alpha value is -8.52. The minimum Gasteiger partial charge on any atom is -0.444 e. The van der Waals surface area contributed by atoms with Gasteiger partial charge in [-0.15, -0.1) is 0 Å². The van der Waals surface area contributed by atoms with Gasteiger partial charge in [-0.05, 0) is 101 Å². The van der Waals surface area contributed by atoms with Crippen molar-refractivity contribution in [3.05, 3.63) is 228 Å². The van der Waals surface area contributed by atoms with Gasteiger partial charge in [-0.25, -0.2) is 9.59 Å². The maximum absolute atomic E-state index is 14.2. The number of carbonyl (C=O) groups excluding carboxylic acids is 6. The zero-order valence-corrected chi connectivity index (χ0v) is 45.6. The van der Waals surface area contributed by atoms with Crippen molar-refractivity contribution in [2.24, 2.45) is 0 Å². The average Bonchev–Trinajstić information content (AvgIpc) is 3.62. The van der Waals surface area contributed by atoms with Crippen LogP contribution in [0.5, 0.6) is 0 Å². The highest BCUT2D eigenvalue weighted by Crippen LogP contribution is 2.38. The van der Waals surface area contributed by atoms with Crippen molar-refractivity contribution in [1.82, 2.24) is 31.9 Å². The third kappa shape index (κ3) is 17.0. The number of rotatable bonds is 24. The lowest BCUT2D eigenvalue weighted by Crippen LogP contribution is -2.50. The molecule has 78 heavy (non-hydrogen) atoms. The number of carbonyl (C=O) groups is 6. The molecule has 6 amide bonds. The van der Waals surface area contributed by atoms with E-state index in [1.54, 1.807) is 41.5 Å². The average molecular weight is 1060 g/mol. The maximum atomic E-state index is 14.2. The largest absolute Gasteiger partial charge is 0.444 e. The van der Waals surface area contributed by atoms with Crippen LogP contribution in [-0.4, -0.2) is 72.2 Å². The second-order valence-corrected chi connectivity index (χ2v) is 20.9. The molecule has 14 heteroatoms. The number of hydrogen-bond acceptors (Lipinski definition) is 8. The van der Waals surface area contributed by atoms with E-state index < -0.39 is 58.4 Å². The molecule has 6 rings (SSSR count). The molecule has 0 saturated carbocycles. The fourth-order valence-corrected chi connectivity index (χ4v) is 9.13. The molecule has 0 saturated heterocycles. The summed E-state index contributed by atoms with van der Waals surface area (Å²) in [6.07, 6.45) is 2.70. The molecule has 14 nitrogen and oxygen atoms in total. The van der Waals surface area contributed by atoms with Crippen LogP contribution in [0.3, 0.4) is 0 Å². The topological polar surface area (TPSA) is 193 Å². The van der Waals surface area contributed by atoms with Crippen LogP contribution in [0.15, 0.2) is 194 Å². The van der Waals surface area contributed by atoms with E-state index in [2.05, 4.69) is 31.9 Å². The molecule has 0 aliphatic rings. The summed E-state index contributed by atoms with van der Waals surface area (Å²) in [6, 6.07) is 56.0. The van der Waals surface area contributed by atoms with E-state index in [0.717, 1.165) is 33.4 Å². The van der Waals surface area contributed by atoms with Gasteiger partial charge < -0.3 is 41.4 Å². The predicted octanol–water partition coefficient (Wildman–Crippen LogP) is 10.1. The van der Waals surface area contributed by atoms with Crippen LogP contribution in [0.2, 0.25) is 0 Å². The number of benzene rings is 6. The standard InChI is InChI=1S/C64H74N6O8/c1-61(2,3)77-59(75)67-53(41-43-55(71)69-63(47-29-15-9-16-30-47,48-31-17-10-18-32-48)49-33-19-11-20-34-49)57(73)65-45-27-7-8-28-46-66-58(74)54(68-60(76)78-62(4,5)6)42-44-56(72)70-64(50-35-21-12-22-36-50,51-37-23-13-24-38-51)52-39-25-14-26-40-52/h7-26,29-40,53-54H,27-28,41-46H2,1-6H3,(H,65,73)(H,66,74)(H,67,75)(H,68,76)(H,69,71)(H,70,72)/t53-,54-/m0/s1. The predicted molar refractivity (Wildman–Crippen MR) is 304 cm³/mol. The first-order chi connectivity index (χ1) is 37.4. The van der Waals surface area contributed by atoms with Gasteiger partial charge in [-0.3, -0.25) is 19.2 Å². The van der Waals surface area contributed by atoms with E-state index in [-0.39, 0.29) is 50.6 Å². The molecule has 2 atom stereocenters. The summed E-state index contributed by atoms with van der Waals surface area (Å²) in [5.74, 6) is -1.65. The first kappa shape index (κ1) is 58.7. The van der Waals surface area contributed by atoms with Crippen LogP contribution in [0.1, 0.15) is 113 Å². The molecular formula is C64H74N6O8. The van der Waals surface area contributed by atoms with E-state index in [9.17, 15) is 28.8 Å². The Morgan fingerprint density at radius 2 is 0.641 bits per heavy atom. The second-order valence-electron chi connectivity index (χ2n) is 20.9. The summed E-state index contributed by atoms with van der Waals surface area (Å²) in [5.41, 5.74) is 1.28. The molecule has 0 aliphatic heterocycles. The van der Waals surface area contributed by atoms with Gasteiger partial charge in [0.1, 0.15) is 34.4 Å². The molecule has 6 aromatic rings. The third-order valence-electron chi connectivity index (χ3n) is 12.6. The van der Waals surface area contributed by atoms with Gasteiger partial charge in [0, 0.05) is 25.9 Å². The Morgan fingerprint density at radius 3 is 0.872 bits per heavy atom. The molecule has 6 N–H and O–H groups in total. The summed E-state index contributed by atoms with van der Waals surface area (Å²) in [5, 5.41) is 17.7. The van der Waals surface area contributed by atoms with Crippen LogP contribution in [0.4, 0.5) is 9.59 Å². The van der Waals surface area contributed by atoms with Gasteiger partial charge in [-0.2, -0.15) is 0 Å². The third-order valence-corrected chi connectivity index (χ3v) is 12.6. The van der Waals surface area contributed by atoms with Crippen LogP contribution in [0.25, 0.3) is 0 Å². The summed E-state index contributed by atoms with van der Waals surface area (Å²) >= 11 is 0. The van der Waals surface area contributed by atoms with Gasteiger partial charge in [0.25, 0.3) is 0 Å². The van der Waals surface area contributed by atoms with Crippen molar-refractivity contribution >= 4 is 35.8 Å². The smallest absolute Gasteiger partial charge is 0.408 e. The van der Waals surface area contributed by atoms with Crippen molar-refractivity contribution < 1.29 is 38.2 Å². The van der Waals surface area contributed by atoms with E-state index in [1.165, 1.54) is 0 Å². The van der Waals surface area contributed by atoms with Gasteiger partial charge in [-0.1, -0.05) is 194 Å². The minimum absolute atomic E-state index is 0.0226. The monoisotopic (exact) mass is 1050 g/mol. The van der Waals surface area contributed by atoms with Gasteiger partial charge in [0.05, 0.1) is 0 Å². The number of nitrogens with one attached hydrogen (secondary N) is 6. The summed E-state index contributed by atoms with van der Waals surface area (Å²) in [6.45, 7) is 10.8. The molecule has 0 aromatic heterocycles. The summed E-state index contributed by atoms with van der Waals surface area (Å²) < 4.78 is 11.0. The van der Waals surface area contributed by atoms with Crippen LogP contribution in [0, 0.1) is 0 Å². The highest BCUT2D eigenvalue weighted by atomic mass is 16.6. The lowest BCUT2D eigenvalue weighted by molar-refractivity contribution is -0.126. The van der Waals surface area contributed by atoms with Crippen molar-refractivity contribution in [2.75, 3.05) is 13.1 Å². The van der Waals surface area contributed by atoms with Crippen LogP contribution >= 0.6 is 0 Å². The molecule has 0 bridgehead atoms. The van der Waals surface area contributed by atoms with Crippen LogP contribution in [-0.2, 0) is 39.7 Å². The number of ether oxygens (including phenoxy) is 2. The zero-order chi connectivity index (χ0) is 56.0. The van der Waals surface area contributed by atoms with E-state index in [1.807, 2.05) is 194 Å². The maximum Gasteiger partial charge on any atom is 0.408 e. The fourth-order valence-electron chi connectivity index (χ4n) is 9.13. The molecule has 0 fully saturated rings. The normalized spacial score (nSPS) is 12.5. The summed E-state index contributed by atoms with van der Waals surface area (Å²) in [7, 11) is 0. The van der Waals surface area contributed by atoms with Crippen molar-refractivity contribution in [1.29, 1.82) is 0 Å². The molecule has 0 aliphatic carbocycles. The Balaban J connectivity index is 1.06. The quantitative estimate of drug-likeness (QED) is 0.0196. The van der Waals surface area contributed by atoms with E-state index >= 15 is 0 Å². The first-order valence-electron chi connectivity index (χ1n) is 26.5. The first-order valence-corrected chi connectivity index (χ1v) is 26.5. The van der Waals surface area contributed by atoms with Crippen LogP contribution < -0.4 is 31.9 Å². The summed E-state index contributed by atoms with van der Waals surface area (Å²) in [4.78, 5) is 81.9. The molecule has 0 unspecified atom stereocenters. The molecule has 0 spiro atoms. The van der Waals surface area contributed by atoms with E-state index in [4.69, 9.17) is 9.47 Å².